The number of aromatic carboxylic acids is 1. The molecule has 0 amide bonds. The van der Waals surface area contributed by atoms with E-state index in [-0.39, 0.29) is 5.56 Å². The van der Waals surface area contributed by atoms with Crippen LogP contribution in [-0.4, -0.2) is 22.2 Å². The van der Waals surface area contributed by atoms with E-state index in [1.54, 1.807) is 18.2 Å². The highest BCUT2D eigenvalue weighted by Crippen LogP contribution is 2.19. The minimum absolute atomic E-state index is 0.263. The second-order valence-corrected chi connectivity index (χ2v) is 5.68. The Morgan fingerprint density at radius 3 is 2.65 bits per heavy atom. The molecule has 0 bridgehead atoms. The average molecular weight is 292 g/mol. The summed E-state index contributed by atoms with van der Waals surface area (Å²) in [7, 11) is 0. The largest absolute Gasteiger partial charge is 0.478 e. The van der Waals surface area contributed by atoms with Crippen LogP contribution in [0, 0.1) is 6.92 Å². The van der Waals surface area contributed by atoms with Gasteiger partial charge in [0.15, 0.2) is 5.11 Å². The molecule has 5 heteroatoms. The molecule has 1 aromatic rings. The van der Waals surface area contributed by atoms with Crippen LogP contribution in [0.15, 0.2) is 18.2 Å². The monoisotopic (exact) mass is 292 g/mol. The van der Waals surface area contributed by atoms with Gasteiger partial charge in [-0.25, -0.2) is 4.79 Å². The van der Waals surface area contributed by atoms with Crippen molar-refractivity contribution in [2.75, 3.05) is 5.32 Å². The van der Waals surface area contributed by atoms with Gasteiger partial charge in [0, 0.05) is 11.7 Å². The molecule has 3 N–H and O–H groups in total. The molecule has 1 aromatic carbocycles. The number of hydrogen-bond donors (Lipinski definition) is 3. The van der Waals surface area contributed by atoms with Crippen LogP contribution in [0.5, 0.6) is 0 Å². The molecular weight excluding hydrogens is 272 g/mol. The molecule has 0 atom stereocenters. The van der Waals surface area contributed by atoms with Crippen molar-refractivity contribution in [3.63, 3.8) is 0 Å². The van der Waals surface area contributed by atoms with Crippen LogP contribution >= 0.6 is 12.2 Å². The Bertz CT molecular complexity index is 511. The lowest BCUT2D eigenvalue weighted by Gasteiger charge is -2.24. The van der Waals surface area contributed by atoms with Gasteiger partial charge in [-0.05, 0) is 49.7 Å². The van der Waals surface area contributed by atoms with Gasteiger partial charge in [0.2, 0.25) is 0 Å². The molecule has 1 aliphatic carbocycles. The van der Waals surface area contributed by atoms with Crippen LogP contribution < -0.4 is 10.6 Å². The summed E-state index contributed by atoms with van der Waals surface area (Å²) < 4.78 is 0. The van der Waals surface area contributed by atoms with Crippen molar-refractivity contribution in [1.82, 2.24) is 5.32 Å². The van der Waals surface area contributed by atoms with E-state index in [9.17, 15) is 4.79 Å². The van der Waals surface area contributed by atoms with Crippen molar-refractivity contribution >= 4 is 29.0 Å². The average Bonchev–Trinajstić information content (AvgIpc) is 2.42. The first kappa shape index (κ1) is 14.8. The number of nitrogens with one attached hydrogen (secondary N) is 2. The zero-order chi connectivity index (χ0) is 14.5. The fraction of sp³-hybridized carbons (Fsp3) is 0.467. The van der Waals surface area contributed by atoms with E-state index in [4.69, 9.17) is 17.3 Å². The van der Waals surface area contributed by atoms with Gasteiger partial charge in [0.05, 0.1) is 5.56 Å². The third kappa shape index (κ3) is 3.93. The number of thiocarbonyl (C=S) groups is 1. The lowest BCUT2D eigenvalue weighted by Crippen LogP contribution is -2.38. The fourth-order valence-corrected chi connectivity index (χ4v) is 2.76. The number of carboxylic acid groups (broad SMARTS) is 1. The highest BCUT2D eigenvalue weighted by Gasteiger charge is 2.14. The van der Waals surface area contributed by atoms with E-state index in [2.05, 4.69) is 10.6 Å². The van der Waals surface area contributed by atoms with Crippen LogP contribution in [0.4, 0.5) is 5.69 Å². The van der Waals surface area contributed by atoms with Gasteiger partial charge in [-0.2, -0.15) is 0 Å². The molecule has 0 heterocycles. The number of aryl methyl sites for hydroxylation is 1. The van der Waals surface area contributed by atoms with E-state index in [1.165, 1.54) is 19.3 Å². The molecule has 0 saturated heterocycles. The predicted molar refractivity (Wildman–Crippen MR) is 84.4 cm³/mol. The lowest BCUT2D eigenvalue weighted by molar-refractivity contribution is 0.0697. The highest BCUT2D eigenvalue weighted by atomic mass is 32.1. The summed E-state index contributed by atoms with van der Waals surface area (Å²) in [4.78, 5) is 11.0. The highest BCUT2D eigenvalue weighted by molar-refractivity contribution is 7.80. The zero-order valence-electron chi connectivity index (χ0n) is 11.6. The standard InChI is InChI=1S/C15H20N2O2S/c1-10-7-8-11(14(18)19)9-13(10)17-15(20)16-12-5-3-2-4-6-12/h7-9,12H,2-6H2,1H3,(H,18,19)(H2,16,17,20). The Kier molecular flexibility index (Phi) is 4.95. The maximum absolute atomic E-state index is 11.0. The molecule has 0 unspecified atom stereocenters. The summed E-state index contributed by atoms with van der Waals surface area (Å²) in [6, 6.07) is 5.44. The van der Waals surface area contributed by atoms with E-state index in [1.807, 2.05) is 6.92 Å². The fourth-order valence-electron chi connectivity index (χ4n) is 2.48. The lowest BCUT2D eigenvalue weighted by atomic mass is 9.96. The number of carbonyl (C=O) groups is 1. The summed E-state index contributed by atoms with van der Waals surface area (Å²) in [6.07, 6.45) is 6.09. The molecule has 2 rings (SSSR count). The first-order valence-corrected chi connectivity index (χ1v) is 7.38. The van der Waals surface area contributed by atoms with E-state index >= 15 is 0 Å². The molecule has 0 aromatic heterocycles. The Labute approximate surface area is 124 Å². The summed E-state index contributed by atoms with van der Waals surface area (Å²) in [6.45, 7) is 1.93. The number of hydrogen-bond acceptors (Lipinski definition) is 2. The summed E-state index contributed by atoms with van der Waals surface area (Å²) in [5.41, 5.74) is 1.99. The predicted octanol–water partition coefficient (Wildman–Crippen LogP) is 3.31. The van der Waals surface area contributed by atoms with Gasteiger partial charge >= 0.3 is 5.97 Å². The number of anilines is 1. The molecule has 1 aliphatic rings. The molecule has 0 spiro atoms. The number of benzene rings is 1. The molecule has 1 fully saturated rings. The molecule has 1 saturated carbocycles. The zero-order valence-corrected chi connectivity index (χ0v) is 12.4. The molecular formula is C15H20N2O2S. The third-order valence-electron chi connectivity index (χ3n) is 3.67. The van der Waals surface area contributed by atoms with Crippen molar-refractivity contribution in [3.05, 3.63) is 29.3 Å². The van der Waals surface area contributed by atoms with E-state index in [0.717, 1.165) is 24.1 Å². The quantitative estimate of drug-likeness (QED) is 0.746. The smallest absolute Gasteiger partial charge is 0.335 e. The van der Waals surface area contributed by atoms with Crippen LogP contribution in [0.3, 0.4) is 0 Å². The summed E-state index contributed by atoms with van der Waals surface area (Å²) >= 11 is 5.32. The maximum atomic E-state index is 11.0. The minimum Gasteiger partial charge on any atom is -0.478 e. The van der Waals surface area contributed by atoms with Crippen LogP contribution in [0.2, 0.25) is 0 Å². The number of carboxylic acids is 1. The van der Waals surface area contributed by atoms with Crippen molar-refractivity contribution < 1.29 is 9.90 Å². The summed E-state index contributed by atoms with van der Waals surface area (Å²) in [5.74, 6) is -0.931. The number of rotatable bonds is 3. The van der Waals surface area contributed by atoms with Gasteiger partial charge in [-0.3, -0.25) is 0 Å². The molecule has 0 aliphatic heterocycles. The SMILES string of the molecule is Cc1ccc(C(=O)O)cc1NC(=S)NC1CCCCC1. The van der Waals surface area contributed by atoms with Gasteiger partial charge in [-0.15, -0.1) is 0 Å². The maximum Gasteiger partial charge on any atom is 0.335 e. The van der Waals surface area contributed by atoms with Crippen molar-refractivity contribution in [3.8, 4) is 0 Å². The van der Waals surface area contributed by atoms with Gasteiger partial charge < -0.3 is 15.7 Å². The van der Waals surface area contributed by atoms with Crippen molar-refractivity contribution in [1.29, 1.82) is 0 Å². The van der Waals surface area contributed by atoms with Crippen LogP contribution in [-0.2, 0) is 0 Å². The topological polar surface area (TPSA) is 61.4 Å². The Morgan fingerprint density at radius 1 is 1.30 bits per heavy atom. The second-order valence-electron chi connectivity index (χ2n) is 5.27. The second kappa shape index (κ2) is 6.70. The van der Waals surface area contributed by atoms with Crippen LogP contribution in [0.25, 0.3) is 0 Å². The van der Waals surface area contributed by atoms with Gasteiger partial charge in [0.1, 0.15) is 0 Å². The first-order valence-electron chi connectivity index (χ1n) is 6.98. The summed E-state index contributed by atoms with van der Waals surface area (Å²) in [5, 5.41) is 16.0. The van der Waals surface area contributed by atoms with Crippen molar-refractivity contribution in [2.45, 2.75) is 45.1 Å². The van der Waals surface area contributed by atoms with Crippen molar-refractivity contribution in [2.24, 2.45) is 0 Å². The molecule has 4 nitrogen and oxygen atoms in total. The Hall–Kier alpha value is -1.62. The van der Waals surface area contributed by atoms with E-state index in [0.29, 0.717) is 11.2 Å². The Morgan fingerprint density at radius 2 is 2.00 bits per heavy atom. The molecule has 108 valence electrons. The molecule has 20 heavy (non-hydrogen) atoms. The van der Waals surface area contributed by atoms with Gasteiger partial charge in [-0.1, -0.05) is 25.3 Å². The normalized spacial score (nSPS) is 15.7. The van der Waals surface area contributed by atoms with E-state index < -0.39 is 5.97 Å². The van der Waals surface area contributed by atoms with Gasteiger partial charge in [0.25, 0.3) is 0 Å². The Balaban J connectivity index is 1.99. The van der Waals surface area contributed by atoms with Crippen LogP contribution in [0.1, 0.15) is 48.0 Å². The minimum atomic E-state index is -0.931. The first-order chi connectivity index (χ1) is 9.56. The molecule has 0 radical (unpaired) electrons. The third-order valence-corrected chi connectivity index (χ3v) is 3.89.